The minimum Gasteiger partial charge on any atom is -0.383 e. The van der Waals surface area contributed by atoms with Gasteiger partial charge in [0, 0.05) is 13.7 Å². The number of fused-ring (bicyclic) bond motifs is 1. The maximum atomic E-state index is 11.7. The Morgan fingerprint density at radius 2 is 2.40 bits per heavy atom. The first kappa shape index (κ1) is 14.6. The van der Waals surface area contributed by atoms with Gasteiger partial charge in [0.2, 0.25) is 5.91 Å². The Balaban J connectivity index is 1.83. The molecule has 7 nitrogen and oxygen atoms in total. The van der Waals surface area contributed by atoms with Crippen LogP contribution in [0.25, 0.3) is 10.2 Å². The maximum Gasteiger partial charge on any atom is 0.268 e. The molecule has 0 fully saturated rings. The molecule has 20 heavy (non-hydrogen) atoms. The molecule has 2 aromatic rings. The summed E-state index contributed by atoms with van der Waals surface area (Å²) in [5.74, 6) is 0.395. The van der Waals surface area contributed by atoms with Crippen LogP contribution < -0.4 is 16.2 Å². The number of nitrogens with one attached hydrogen (secondary N) is 3. The number of thiophene rings is 1. The molecule has 3 N–H and O–H groups in total. The van der Waals surface area contributed by atoms with E-state index in [0.717, 1.165) is 0 Å². The third-order valence-corrected chi connectivity index (χ3v) is 3.47. The quantitative estimate of drug-likeness (QED) is 0.617. The zero-order valence-electron chi connectivity index (χ0n) is 11.1. The normalized spacial score (nSPS) is 10.8. The number of carbonyl (C=O) groups is 1. The molecule has 0 bridgehead atoms. The Morgan fingerprint density at radius 3 is 3.20 bits per heavy atom. The van der Waals surface area contributed by atoms with E-state index in [2.05, 4.69) is 20.6 Å². The molecular weight excluding hydrogens is 280 g/mol. The van der Waals surface area contributed by atoms with Crippen LogP contribution in [0, 0.1) is 0 Å². The van der Waals surface area contributed by atoms with Crippen molar-refractivity contribution < 1.29 is 9.53 Å². The van der Waals surface area contributed by atoms with Crippen molar-refractivity contribution in [1.82, 2.24) is 20.6 Å². The number of aromatic amines is 1. The van der Waals surface area contributed by atoms with Crippen LogP contribution in [-0.4, -0.2) is 42.7 Å². The number of amides is 1. The molecule has 0 atom stereocenters. The average molecular weight is 296 g/mol. The van der Waals surface area contributed by atoms with Crippen molar-refractivity contribution >= 4 is 27.5 Å². The SMILES string of the molecule is COCCNC(=O)CNCc1nc2ccsc2c(=O)[nH]1. The summed E-state index contributed by atoms with van der Waals surface area (Å²) in [6, 6.07) is 1.80. The van der Waals surface area contributed by atoms with Gasteiger partial charge in [0.25, 0.3) is 5.56 Å². The highest BCUT2D eigenvalue weighted by molar-refractivity contribution is 7.17. The highest BCUT2D eigenvalue weighted by atomic mass is 32.1. The summed E-state index contributed by atoms with van der Waals surface area (Å²) in [4.78, 5) is 30.2. The maximum absolute atomic E-state index is 11.7. The summed E-state index contributed by atoms with van der Waals surface area (Å²) in [6.07, 6.45) is 0. The van der Waals surface area contributed by atoms with Gasteiger partial charge in [0.1, 0.15) is 10.5 Å². The molecule has 0 aliphatic carbocycles. The number of rotatable bonds is 7. The number of carbonyl (C=O) groups excluding carboxylic acids is 1. The van der Waals surface area contributed by atoms with Gasteiger partial charge in [-0.1, -0.05) is 0 Å². The summed E-state index contributed by atoms with van der Waals surface area (Å²) in [7, 11) is 1.58. The molecule has 0 aliphatic heterocycles. The first-order valence-electron chi connectivity index (χ1n) is 6.13. The van der Waals surface area contributed by atoms with E-state index in [-0.39, 0.29) is 18.0 Å². The third-order valence-electron chi connectivity index (χ3n) is 2.57. The van der Waals surface area contributed by atoms with E-state index in [1.165, 1.54) is 11.3 Å². The number of hydrogen-bond donors (Lipinski definition) is 3. The van der Waals surface area contributed by atoms with Crippen LogP contribution in [0.1, 0.15) is 5.82 Å². The van der Waals surface area contributed by atoms with E-state index in [1.54, 1.807) is 13.2 Å². The largest absolute Gasteiger partial charge is 0.383 e. The van der Waals surface area contributed by atoms with Crippen LogP contribution in [0.5, 0.6) is 0 Å². The van der Waals surface area contributed by atoms with Crippen LogP contribution in [0.3, 0.4) is 0 Å². The molecule has 0 radical (unpaired) electrons. The molecule has 0 aliphatic rings. The fourth-order valence-corrected chi connectivity index (χ4v) is 2.38. The molecule has 0 saturated carbocycles. The van der Waals surface area contributed by atoms with Crippen LogP contribution in [-0.2, 0) is 16.1 Å². The van der Waals surface area contributed by atoms with Gasteiger partial charge in [-0.15, -0.1) is 11.3 Å². The molecule has 2 rings (SSSR count). The van der Waals surface area contributed by atoms with Gasteiger partial charge < -0.3 is 20.4 Å². The van der Waals surface area contributed by atoms with Gasteiger partial charge in [-0.2, -0.15) is 0 Å². The minimum atomic E-state index is -0.147. The van der Waals surface area contributed by atoms with Crippen molar-refractivity contribution in [2.45, 2.75) is 6.54 Å². The summed E-state index contributed by atoms with van der Waals surface area (Å²) in [6.45, 7) is 1.45. The number of hydrogen-bond acceptors (Lipinski definition) is 6. The lowest BCUT2D eigenvalue weighted by molar-refractivity contribution is -0.120. The first-order chi connectivity index (χ1) is 9.70. The van der Waals surface area contributed by atoms with Crippen LogP contribution >= 0.6 is 11.3 Å². The zero-order chi connectivity index (χ0) is 14.4. The standard InChI is InChI=1S/C12H16N4O3S/c1-19-4-3-14-10(17)7-13-6-9-15-8-2-5-20-11(8)12(18)16-9/h2,5,13H,3-4,6-7H2,1H3,(H,14,17)(H,15,16,18). The van der Waals surface area contributed by atoms with Crippen molar-refractivity contribution in [3.63, 3.8) is 0 Å². The Morgan fingerprint density at radius 1 is 1.55 bits per heavy atom. The van der Waals surface area contributed by atoms with Crippen molar-refractivity contribution in [3.8, 4) is 0 Å². The molecule has 2 aromatic heterocycles. The highest BCUT2D eigenvalue weighted by Crippen LogP contribution is 2.13. The second kappa shape index (κ2) is 7.13. The molecule has 1 amide bonds. The molecule has 0 saturated heterocycles. The number of nitrogens with zero attached hydrogens (tertiary/aromatic N) is 1. The van der Waals surface area contributed by atoms with E-state index in [4.69, 9.17) is 4.74 Å². The zero-order valence-corrected chi connectivity index (χ0v) is 11.9. The fraction of sp³-hybridized carbons (Fsp3) is 0.417. The summed E-state index contributed by atoms with van der Waals surface area (Å²) in [5.41, 5.74) is 0.534. The Labute approximate surface area is 119 Å². The van der Waals surface area contributed by atoms with E-state index < -0.39 is 0 Å². The number of ether oxygens (including phenoxy) is 1. The molecule has 2 heterocycles. The molecular formula is C12H16N4O3S. The van der Waals surface area contributed by atoms with Crippen molar-refractivity contribution in [2.24, 2.45) is 0 Å². The van der Waals surface area contributed by atoms with Crippen LogP contribution in [0.4, 0.5) is 0 Å². The summed E-state index contributed by atoms with van der Waals surface area (Å²) < 4.78 is 5.45. The Hall–Kier alpha value is -1.77. The average Bonchev–Trinajstić information content (AvgIpc) is 2.88. The van der Waals surface area contributed by atoms with E-state index in [0.29, 0.717) is 35.7 Å². The lowest BCUT2D eigenvalue weighted by Crippen LogP contribution is -2.35. The van der Waals surface area contributed by atoms with E-state index in [9.17, 15) is 9.59 Å². The molecule has 0 spiro atoms. The number of aromatic nitrogens is 2. The summed E-state index contributed by atoms with van der Waals surface area (Å²) >= 11 is 1.36. The second-order valence-corrected chi connectivity index (χ2v) is 5.01. The highest BCUT2D eigenvalue weighted by Gasteiger charge is 2.05. The van der Waals surface area contributed by atoms with E-state index >= 15 is 0 Å². The molecule has 8 heteroatoms. The Bertz CT molecular complexity index is 637. The van der Waals surface area contributed by atoms with Gasteiger partial charge in [-0.05, 0) is 11.4 Å². The molecule has 0 aromatic carbocycles. The monoisotopic (exact) mass is 296 g/mol. The second-order valence-electron chi connectivity index (χ2n) is 4.09. The predicted octanol–water partition coefficient (Wildman–Crippen LogP) is -0.163. The lowest BCUT2D eigenvalue weighted by Gasteiger charge is -2.06. The predicted molar refractivity (Wildman–Crippen MR) is 76.8 cm³/mol. The molecule has 108 valence electrons. The van der Waals surface area contributed by atoms with Crippen LogP contribution in [0.2, 0.25) is 0 Å². The number of methoxy groups -OCH3 is 1. The van der Waals surface area contributed by atoms with Crippen molar-refractivity contribution in [2.75, 3.05) is 26.8 Å². The van der Waals surface area contributed by atoms with Crippen molar-refractivity contribution in [3.05, 3.63) is 27.6 Å². The van der Waals surface area contributed by atoms with Gasteiger partial charge in [0.05, 0.1) is 25.2 Å². The lowest BCUT2D eigenvalue weighted by atomic mass is 10.4. The molecule has 0 unspecified atom stereocenters. The topological polar surface area (TPSA) is 96.1 Å². The smallest absolute Gasteiger partial charge is 0.268 e. The first-order valence-corrected chi connectivity index (χ1v) is 7.01. The van der Waals surface area contributed by atoms with Crippen molar-refractivity contribution in [1.29, 1.82) is 0 Å². The third kappa shape index (κ3) is 3.86. The fourth-order valence-electron chi connectivity index (χ4n) is 1.65. The van der Waals surface area contributed by atoms with Gasteiger partial charge in [-0.25, -0.2) is 4.98 Å². The van der Waals surface area contributed by atoms with Gasteiger partial charge >= 0.3 is 0 Å². The van der Waals surface area contributed by atoms with Gasteiger partial charge in [-0.3, -0.25) is 9.59 Å². The Kier molecular flexibility index (Phi) is 5.22. The van der Waals surface area contributed by atoms with Crippen LogP contribution in [0.15, 0.2) is 16.2 Å². The minimum absolute atomic E-state index is 0.124. The van der Waals surface area contributed by atoms with Gasteiger partial charge in [0.15, 0.2) is 0 Å². The summed E-state index contributed by atoms with van der Waals surface area (Å²) in [5, 5.41) is 7.45. The van der Waals surface area contributed by atoms with E-state index in [1.807, 2.05) is 5.38 Å². The number of H-pyrrole nitrogens is 1.